The van der Waals surface area contributed by atoms with Gasteiger partial charge in [0.2, 0.25) is 0 Å². The van der Waals surface area contributed by atoms with Crippen molar-refractivity contribution in [3.63, 3.8) is 0 Å². The second-order valence-corrected chi connectivity index (χ2v) is 4.30. The molecule has 2 rings (SSSR count). The van der Waals surface area contributed by atoms with Gasteiger partial charge >= 0.3 is 4.87 Å². The molecule has 0 radical (unpaired) electrons. The summed E-state index contributed by atoms with van der Waals surface area (Å²) < 4.78 is 6.74. The van der Waals surface area contributed by atoms with Crippen molar-refractivity contribution in [2.24, 2.45) is 0 Å². The van der Waals surface area contributed by atoms with Crippen LogP contribution >= 0.6 is 11.3 Å². The Balaban J connectivity index is 2.32. The molecule has 0 saturated carbocycles. The summed E-state index contributed by atoms with van der Waals surface area (Å²) in [4.78, 5) is 11.4. The van der Waals surface area contributed by atoms with Crippen molar-refractivity contribution in [2.75, 3.05) is 7.11 Å². The molecular weight excluding hydrogens is 236 g/mol. The monoisotopic (exact) mass is 246 g/mol. The first-order valence-electron chi connectivity index (χ1n) is 4.95. The van der Waals surface area contributed by atoms with Crippen molar-refractivity contribution >= 4 is 11.3 Å². The van der Waals surface area contributed by atoms with Gasteiger partial charge in [-0.3, -0.25) is 4.79 Å². The minimum absolute atomic E-state index is 0.00771. The molecule has 0 aliphatic rings. The Morgan fingerprint density at radius 2 is 2.35 bits per heavy atom. The van der Waals surface area contributed by atoms with Gasteiger partial charge in [0, 0.05) is 11.6 Å². The van der Waals surface area contributed by atoms with Gasteiger partial charge in [0.15, 0.2) is 0 Å². The fourth-order valence-corrected chi connectivity index (χ4v) is 2.12. The maximum absolute atomic E-state index is 11.4. The lowest BCUT2D eigenvalue weighted by molar-refractivity contribution is 0.413. The third kappa shape index (κ3) is 2.37. The van der Waals surface area contributed by atoms with E-state index in [4.69, 9.17) is 10.00 Å². The van der Waals surface area contributed by atoms with Crippen LogP contribution in [0.4, 0.5) is 0 Å². The lowest BCUT2D eigenvalue weighted by Gasteiger charge is -2.06. The second-order valence-electron chi connectivity index (χ2n) is 3.44. The van der Waals surface area contributed by atoms with Crippen molar-refractivity contribution in [3.05, 3.63) is 50.6 Å². The van der Waals surface area contributed by atoms with E-state index in [1.807, 2.05) is 6.07 Å². The maximum atomic E-state index is 11.4. The first kappa shape index (κ1) is 11.4. The number of hydrogen-bond acceptors (Lipinski definition) is 4. The van der Waals surface area contributed by atoms with Crippen LogP contribution in [0.3, 0.4) is 0 Å². The van der Waals surface area contributed by atoms with Gasteiger partial charge in [0.25, 0.3) is 0 Å². The van der Waals surface area contributed by atoms with Gasteiger partial charge in [-0.1, -0.05) is 17.4 Å². The van der Waals surface area contributed by atoms with Crippen LogP contribution in [-0.2, 0) is 6.54 Å². The smallest absolute Gasteiger partial charge is 0.307 e. The standard InChI is InChI=1S/C12H10N2O2S/c1-16-11-6-9(2-3-10(11)7-13)8-14-4-5-17-12(14)15/h2-6H,8H2,1H3. The molecule has 0 N–H and O–H groups in total. The number of benzene rings is 1. The number of rotatable bonds is 3. The minimum atomic E-state index is 0.00771. The molecule has 86 valence electrons. The molecule has 0 spiro atoms. The van der Waals surface area contributed by atoms with Gasteiger partial charge in [0.1, 0.15) is 11.8 Å². The van der Waals surface area contributed by atoms with Crippen LogP contribution in [0.25, 0.3) is 0 Å². The highest BCUT2D eigenvalue weighted by atomic mass is 32.1. The summed E-state index contributed by atoms with van der Waals surface area (Å²) in [5.41, 5.74) is 1.43. The fraction of sp³-hybridized carbons (Fsp3) is 0.167. The van der Waals surface area contributed by atoms with E-state index in [1.54, 1.807) is 28.3 Å². The SMILES string of the molecule is COc1cc(Cn2ccsc2=O)ccc1C#N. The maximum Gasteiger partial charge on any atom is 0.307 e. The van der Waals surface area contributed by atoms with E-state index >= 15 is 0 Å². The highest BCUT2D eigenvalue weighted by molar-refractivity contribution is 7.07. The Morgan fingerprint density at radius 3 is 2.94 bits per heavy atom. The lowest BCUT2D eigenvalue weighted by atomic mass is 10.1. The molecule has 0 saturated heterocycles. The summed E-state index contributed by atoms with van der Waals surface area (Å²) in [6.07, 6.45) is 1.75. The number of nitriles is 1. The molecule has 0 fully saturated rings. The van der Waals surface area contributed by atoms with Gasteiger partial charge in [-0.2, -0.15) is 5.26 Å². The normalized spacial score (nSPS) is 9.88. The first-order chi connectivity index (χ1) is 8.24. The zero-order valence-electron chi connectivity index (χ0n) is 9.21. The van der Waals surface area contributed by atoms with Crippen molar-refractivity contribution in [2.45, 2.75) is 6.54 Å². The Morgan fingerprint density at radius 1 is 1.53 bits per heavy atom. The number of hydrogen-bond donors (Lipinski definition) is 0. The topological polar surface area (TPSA) is 55.0 Å². The number of thiazole rings is 1. The van der Waals surface area contributed by atoms with Crippen molar-refractivity contribution < 1.29 is 4.74 Å². The first-order valence-corrected chi connectivity index (χ1v) is 5.83. The van der Waals surface area contributed by atoms with Crippen LogP contribution in [0.5, 0.6) is 5.75 Å². The van der Waals surface area contributed by atoms with E-state index < -0.39 is 0 Å². The van der Waals surface area contributed by atoms with E-state index in [0.29, 0.717) is 17.9 Å². The summed E-state index contributed by atoms with van der Waals surface area (Å²) in [7, 11) is 1.52. The molecule has 2 aromatic rings. The summed E-state index contributed by atoms with van der Waals surface area (Å²) in [6, 6.07) is 7.36. The fourth-order valence-electron chi connectivity index (χ4n) is 1.53. The number of ether oxygens (including phenoxy) is 1. The largest absolute Gasteiger partial charge is 0.495 e. The number of methoxy groups -OCH3 is 1. The Hall–Kier alpha value is -2.06. The molecule has 0 amide bonds. The number of nitrogens with zero attached hydrogens (tertiary/aromatic N) is 2. The van der Waals surface area contributed by atoms with Crippen LogP contribution in [0.15, 0.2) is 34.6 Å². The third-order valence-electron chi connectivity index (χ3n) is 2.38. The van der Waals surface area contributed by atoms with Crippen LogP contribution < -0.4 is 9.61 Å². The summed E-state index contributed by atoms with van der Waals surface area (Å²) in [5.74, 6) is 0.535. The molecule has 1 aromatic carbocycles. The van der Waals surface area contributed by atoms with Crippen molar-refractivity contribution in [1.82, 2.24) is 4.57 Å². The molecule has 1 heterocycles. The molecule has 5 heteroatoms. The van der Waals surface area contributed by atoms with E-state index in [1.165, 1.54) is 18.4 Å². The van der Waals surface area contributed by atoms with Crippen LogP contribution in [0.1, 0.15) is 11.1 Å². The highest BCUT2D eigenvalue weighted by Crippen LogP contribution is 2.19. The van der Waals surface area contributed by atoms with Gasteiger partial charge in [-0.15, -0.1) is 0 Å². The molecular formula is C12H10N2O2S. The van der Waals surface area contributed by atoms with E-state index in [0.717, 1.165) is 5.56 Å². The molecule has 0 aliphatic heterocycles. The lowest BCUT2D eigenvalue weighted by Crippen LogP contribution is -2.12. The van der Waals surface area contributed by atoms with Gasteiger partial charge < -0.3 is 9.30 Å². The molecule has 1 aromatic heterocycles. The zero-order valence-corrected chi connectivity index (χ0v) is 10.0. The zero-order chi connectivity index (χ0) is 12.3. The molecule has 0 aliphatic carbocycles. The molecule has 4 nitrogen and oxygen atoms in total. The van der Waals surface area contributed by atoms with E-state index in [2.05, 4.69) is 6.07 Å². The molecule has 0 unspecified atom stereocenters. The van der Waals surface area contributed by atoms with E-state index in [9.17, 15) is 4.79 Å². The average molecular weight is 246 g/mol. The Labute approximate surface area is 102 Å². The van der Waals surface area contributed by atoms with Crippen LogP contribution in [0, 0.1) is 11.3 Å². The van der Waals surface area contributed by atoms with Crippen LogP contribution in [0.2, 0.25) is 0 Å². The van der Waals surface area contributed by atoms with Gasteiger partial charge in [-0.05, 0) is 17.7 Å². The Bertz CT molecular complexity index is 622. The van der Waals surface area contributed by atoms with Crippen molar-refractivity contribution in [1.29, 1.82) is 5.26 Å². The summed E-state index contributed by atoms with van der Waals surface area (Å²) >= 11 is 1.17. The minimum Gasteiger partial charge on any atom is -0.495 e. The predicted octanol–water partition coefficient (Wildman–Crippen LogP) is 1.84. The average Bonchev–Trinajstić information content (AvgIpc) is 2.75. The number of aromatic nitrogens is 1. The van der Waals surface area contributed by atoms with Gasteiger partial charge in [-0.25, -0.2) is 0 Å². The van der Waals surface area contributed by atoms with Crippen molar-refractivity contribution in [3.8, 4) is 11.8 Å². The van der Waals surface area contributed by atoms with Crippen LogP contribution in [-0.4, -0.2) is 11.7 Å². The summed E-state index contributed by atoms with van der Waals surface area (Å²) in [6.45, 7) is 0.490. The Kier molecular flexibility index (Phi) is 3.26. The second kappa shape index (κ2) is 4.85. The quantitative estimate of drug-likeness (QED) is 0.830. The predicted molar refractivity (Wildman–Crippen MR) is 65.4 cm³/mol. The molecule has 0 atom stereocenters. The molecule has 17 heavy (non-hydrogen) atoms. The van der Waals surface area contributed by atoms with E-state index in [-0.39, 0.29) is 4.87 Å². The molecule has 0 bridgehead atoms. The summed E-state index contributed by atoms with van der Waals surface area (Å²) in [5, 5.41) is 10.6. The van der Waals surface area contributed by atoms with Gasteiger partial charge in [0.05, 0.1) is 19.2 Å². The highest BCUT2D eigenvalue weighted by Gasteiger charge is 2.05. The third-order valence-corrected chi connectivity index (χ3v) is 3.08.